The van der Waals surface area contributed by atoms with Crippen LogP contribution < -0.4 is 75.3 Å². The first-order valence-corrected chi connectivity index (χ1v) is 48.3. The Bertz CT molecular complexity index is 6560. The number of carboxylic acid groups (broad SMARTS) is 4. The Kier molecular flexibility index (Phi) is 37.8. The van der Waals surface area contributed by atoms with Crippen LogP contribution in [-0.2, 0) is 104 Å². The van der Waals surface area contributed by atoms with Crippen molar-refractivity contribution in [3.63, 3.8) is 0 Å². The molecule has 0 bridgehead atoms. The van der Waals surface area contributed by atoms with E-state index in [9.17, 15) is 78.3 Å². The number of H-pyrrole nitrogens is 2. The number of unbranched alkanes of at least 4 members (excludes halogenated alkanes) is 1. The molecule has 2 fully saturated rings. The fraction of sp³-hybridized carbons (Fsp3) is 0.340. The van der Waals surface area contributed by atoms with Gasteiger partial charge in [-0.05, 0) is 188 Å². The zero-order valence-electron chi connectivity index (χ0n) is 81.7. The number of benzene rings is 8. The van der Waals surface area contributed by atoms with E-state index in [2.05, 4.69) is 73.8 Å². The van der Waals surface area contributed by atoms with Gasteiger partial charge < -0.3 is 121 Å². The maximum absolute atomic E-state index is 16.1. The predicted octanol–water partition coefficient (Wildman–Crippen LogP) is 3.92. The van der Waals surface area contributed by atoms with Gasteiger partial charge in [0, 0.05) is 85.4 Å². The van der Waals surface area contributed by atoms with Gasteiger partial charge in [-0.15, -0.1) is 0 Å². The van der Waals surface area contributed by atoms with Gasteiger partial charge in [-0.2, -0.15) is 0 Å². The highest BCUT2D eigenvalue weighted by molar-refractivity contribution is 6.03. The highest BCUT2D eigenvalue weighted by atomic mass is 19.1. The van der Waals surface area contributed by atoms with Crippen LogP contribution >= 0.6 is 0 Å². The van der Waals surface area contributed by atoms with Gasteiger partial charge >= 0.3 is 23.9 Å². The number of aryl methyl sites for hydroxylation is 1. The molecule has 14 atom stereocenters. The van der Waals surface area contributed by atoms with Gasteiger partial charge in [0.25, 0.3) is 0 Å². The largest absolute Gasteiger partial charge is 0.508 e. The molecule has 0 saturated carbocycles. The third kappa shape index (κ3) is 29.2. The first-order chi connectivity index (χ1) is 70.7. The molecule has 2 aromatic heterocycles. The Hall–Kier alpha value is -17.1. The Morgan fingerprint density at radius 3 is 1.43 bits per heavy atom. The summed E-state index contributed by atoms with van der Waals surface area (Å²) in [6, 6.07) is 26.1. The summed E-state index contributed by atoms with van der Waals surface area (Å²) in [7, 11) is 1.08. The number of aromatic nitrogens is 2. The monoisotopic (exact) mass is 2030 g/mol. The molecule has 2 saturated heterocycles. The predicted molar refractivity (Wildman–Crippen MR) is 539 cm³/mol. The van der Waals surface area contributed by atoms with Crippen LogP contribution in [-0.4, -0.2) is 264 Å². The molecule has 41 nitrogen and oxygen atoms in total. The van der Waals surface area contributed by atoms with Crippen molar-refractivity contribution < 1.29 is 116 Å². The number of halogens is 1. The maximum Gasteiger partial charge on any atom is 0.335 e. The third-order valence-electron chi connectivity index (χ3n) is 26.2. The number of carbonyl (C=O) groups excluding carboxylic acids is 14. The minimum atomic E-state index is -2.08. The number of amides is 14. The lowest BCUT2D eigenvalue weighted by Gasteiger charge is -2.31. The zero-order chi connectivity index (χ0) is 107. The summed E-state index contributed by atoms with van der Waals surface area (Å²) in [5, 5.41) is 82.2. The Labute approximate surface area is 848 Å². The molecule has 4 heterocycles. The zero-order valence-corrected chi connectivity index (χ0v) is 81.7. The number of nitrogens with two attached hydrogens (primary N) is 2. The average molecular weight is 2030 g/mol. The Morgan fingerprint density at radius 2 is 0.892 bits per heavy atom. The minimum absolute atomic E-state index is 0.00998. The number of para-hydroxylation sites is 1. The average Bonchev–Trinajstić information content (AvgIpc) is 1.64. The molecular formula is C106H119FN18O23. The van der Waals surface area contributed by atoms with Crippen molar-refractivity contribution in [2.24, 2.45) is 11.5 Å². The number of nitrogens with one attached hydrogen (secondary N) is 14. The highest BCUT2D eigenvalue weighted by Gasteiger charge is 2.44. The van der Waals surface area contributed by atoms with Gasteiger partial charge in [-0.1, -0.05) is 142 Å². The van der Waals surface area contributed by atoms with Crippen LogP contribution in [0.2, 0.25) is 0 Å². The number of aromatic amines is 2. The van der Waals surface area contributed by atoms with Crippen LogP contribution in [0.4, 0.5) is 4.39 Å². The number of fused-ring (bicyclic) bond motifs is 3. The Balaban J connectivity index is 0.918. The van der Waals surface area contributed by atoms with E-state index in [4.69, 9.17) is 11.5 Å². The molecule has 10 aromatic rings. The molecule has 2 aliphatic rings. The molecule has 0 unspecified atom stereocenters. The number of carbonyl (C=O) groups is 18. The van der Waals surface area contributed by atoms with E-state index in [0.29, 0.717) is 61.8 Å². The smallest absolute Gasteiger partial charge is 0.335 e. The van der Waals surface area contributed by atoms with Gasteiger partial charge in [-0.3, -0.25) is 71.9 Å². The number of carboxylic acids is 4. The van der Waals surface area contributed by atoms with Gasteiger partial charge in [-0.25, -0.2) is 18.8 Å². The number of aliphatic carboxylic acids is 1. The van der Waals surface area contributed by atoms with Crippen molar-refractivity contribution in [1.82, 2.24) is 83.6 Å². The second-order valence-corrected chi connectivity index (χ2v) is 36.8. The highest BCUT2D eigenvalue weighted by Crippen LogP contribution is 2.33. The van der Waals surface area contributed by atoms with E-state index in [0.717, 1.165) is 22.9 Å². The molecule has 23 N–H and O–H groups in total. The van der Waals surface area contributed by atoms with Crippen LogP contribution in [0.25, 0.3) is 44.1 Å². The first kappa shape index (κ1) is 110. The standard InChI is InChI=1S/C106H119FN18O23/c1-6-12-78-95(134)114-57(3)92(131)116-80(43-26-59-24-41-72(126)42-25-59)97(136)120-83(47-61-20-29-64(30-21-61)66-35-39-69(40-36-66)106(147)148)99(138)121-84(48-70-51-110-76-15-8-7-13-73(70)76)100(139)119-81(45-62-22-31-67(32-23-62)104(143)144)94(133)113-54-88(128)125-55-71(109)49-86(125)101(140)123-91(56(2)74-52-111-77-17-11-14-75(107)90(74)77)102(141)122-85(50-89(129)130)103(142)124(5)58(4)93(132)112-53-87(127)115-82(98(137)118-79(96(135)117-78)16-9-10-44-108)46-60-18-27-63(28-19-60)65-33-37-68(38-34-65)105(145)146/h7-8,11,13-15,17-25,27-42,51-52,56-58,71,78-86,91,110-111,126H,6,9-10,12,16,26,43-50,53-55,108-109H2,1-5H3,(H,112,132)(H,113,133)(H,114,134)(H,115,127)(H,116,131)(H,117,135)(H,118,137)(H,119,139)(H,120,136)(H,121,138)(H,122,141)(H,123,140)(H,129,130)(H,143,144)(H,145,146)(H,147,148)/t56-,57+,58+,71+,78-,79-,80-,81-,82-,83-,84-,85-,86-,91-/m0/s1. The number of aromatic carboxylic acids is 3. The van der Waals surface area contributed by atoms with Crippen molar-refractivity contribution in [2.45, 2.75) is 196 Å². The molecule has 148 heavy (non-hydrogen) atoms. The third-order valence-corrected chi connectivity index (χ3v) is 26.2. The van der Waals surface area contributed by atoms with E-state index >= 15 is 38.0 Å². The molecule has 14 amide bonds. The number of aromatic hydroxyl groups is 1. The van der Waals surface area contributed by atoms with Crippen molar-refractivity contribution in [2.75, 3.05) is 33.2 Å². The van der Waals surface area contributed by atoms with Crippen molar-refractivity contribution in [3.05, 3.63) is 256 Å². The van der Waals surface area contributed by atoms with Crippen molar-refractivity contribution in [1.29, 1.82) is 0 Å². The normalized spacial score (nSPS) is 21.9. The summed E-state index contributed by atoms with van der Waals surface area (Å²) in [5.74, 6) is -22.1. The maximum atomic E-state index is 16.1. The SMILES string of the molecule is CCC[C@@H]1NC(=O)[C@H](CCCCN)NC(=O)[C@H](Cc2ccc(-c3ccc(C(=O)O)cc3)cc2)NC(=O)CNC(=O)[C@@H](C)N(C)C(=O)[C@H](CC(=O)O)NC(=O)[C@H]([C@@H](C)c2c[nH]c3cccc(F)c23)NC(=O)[C@@H]2C[C@@H](N)CN2C(=O)CNC(=O)[C@H](Cc2ccc(C(=O)O)cc2)NC(=O)[C@H](Cc2c[nH]c3ccccc23)NC(=O)[C@H](Cc2ccc(-c3ccc(C(=O)O)cc3)cc2)NC(=O)[C@H](CCc2ccc(O)cc2)NC(=O)[C@@H](C)NC1=O. The molecule has 778 valence electrons. The van der Waals surface area contributed by atoms with E-state index in [1.807, 2.05) is 0 Å². The molecule has 0 spiro atoms. The summed E-state index contributed by atoms with van der Waals surface area (Å²) in [4.78, 5) is 268. The molecule has 8 aromatic carbocycles. The van der Waals surface area contributed by atoms with Gasteiger partial charge in [0.1, 0.15) is 84.1 Å². The minimum Gasteiger partial charge on any atom is -0.508 e. The molecular weight excluding hydrogens is 1910 g/mol. The summed E-state index contributed by atoms with van der Waals surface area (Å²) in [6.07, 6.45) is 0.272. The van der Waals surface area contributed by atoms with Gasteiger partial charge in [0.2, 0.25) is 82.7 Å². The second-order valence-electron chi connectivity index (χ2n) is 36.8. The number of hydrogen-bond donors (Lipinski definition) is 21. The molecule has 12 rings (SSSR count). The van der Waals surface area contributed by atoms with E-state index in [1.54, 1.807) is 122 Å². The summed E-state index contributed by atoms with van der Waals surface area (Å²) in [5.41, 5.74) is 17.7. The second kappa shape index (κ2) is 50.9. The van der Waals surface area contributed by atoms with Crippen molar-refractivity contribution in [3.8, 4) is 28.0 Å². The fourth-order valence-electron chi connectivity index (χ4n) is 17.7. The van der Waals surface area contributed by atoms with E-state index < -0.39 is 223 Å². The van der Waals surface area contributed by atoms with Crippen LogP contribution in [0.15, 0.2) is 200 Å². The summed E-state index contributed by atoms with van der Waals surface area (Å²) >= 11 is 0. The Morgan fingerprint density at radius 1 is 0.446 bits per heavy atom. The summed E-state index contributed by atoms with van der Waals surface area (Å²) in [6.45, 7) is 3.47. The summed E-state index contributed by atoms with van der Waals surface area (Å²) < 4.78 is 16.1. The van der Waals surface area contributed by atoms with Gasteiger partial charge in [0.05, 0.1) is 36.2 Å². The first-order valence-electron chi connectivity index (χ1n) is 48.3. The topological polar surface area (TPSA) is 643 Å². The van der Waals surface area contributed by atoms with Crippen LogP contribution in [0.3, 0.4) is 0 Å². The lowest BCUT2D eigenvalue weighted by atomic mass is 9.91. The number of phenols is 1. The van der Waals surface area contributed by atoms with Crippen LogP contribution in [0.5, 0.6) is 5.75 Å². The fourth-order valence-corrected chi connectivity index (χ4v) is 17.7. The molecule has 0 aliphatic carbocycles. The molecule has 42 heteroatoms. The van der Waals surface area contributed by atoms with Crippen LogP contribution in [0, 0.1) is 5.82 Å². The van der Waals surface area contributed by atoms with E-state index in [-0.39, 0.29) is 122 Å². The molecule has 2 aliphatic heterocycles. The lowest BCUT2D eigenvalue weighted by Crippen LogP contribution is -2.61. The number of hydrogen-bond acceptors (Lipinski definition) is 21. The lowest BCUT2D eigenvalue weighted by molar-refractivity contribution is -0.146. The molecule has 0 radical (unpaired) electrons. The van der Waals surface area contributed by atoms with Crippen molar-refractivity contribution >= 4 is 128 Å². The quantitative estimate of drug-likeness (QED) is 0.0342. The van der Waals surface area contributed by atoms with E-state index in [1.165, 1.54) is 99.8 Å². The number of phenolic OH excluding ortho intramolecular Hbond substituents is 1. The number of likely N-dealkylation sites (N-methyl/N-ethyl adjacent to an activating group) is 1. The van der Waals surface area contributed by atoms with Gasteiger partial charge in [0.15, 0.2) is 0 Å². The number of nitrogens with zero attached hydrogens (tertiary/aromatic N) is 2. The van der Waals surface area contributed by atoms with Crippen LogP contribution in [0.1, 0.15) is 149 Å². The number of rotatable bonds is 26.